The van der Waals surface area contributed by atoms with Crippen LogP contribution in [0.5, 0.6) is 0 Å². The summed E-state index contributed by atoms with van der Waals surface area (Å²) < 4.78 is 40.6. The van der Waals surface area contributed by atoms with Crippen LogP contribution in [0.15, 0.2) is 55.0 Å². The number of hydrogen-bond acceptors (Lipinski definition) is 14. The first-order chi connectivity index (χ1) is 30.9. The number of aromatic nitrogens is 7. The number of halogens is 3. The molecule has 64 heavy (non-hydrogen) atoms. The number of nitrogens with two attached hydrogens (primary N) is 1. The molecule has 7 heterocycles. The lowest BCUT2D eigenvalue weighted by molar-refractivity contribution is 0.0527. The maximum absolute atomic E-state index is 14.6. The number of amides is 4. The van der Waals surface area contributed by atoms with Crippen molar-refractivity contribution in [2.75, 3.05) is 97.1 Å². The average Bonchev–Trinajstić information content (AvgIpc) is 4.12. The van der Waals surface area contributed by atoms with Crippen LogP contribution in [0.4, 0.5) is 47.3 Å². The molecule has 5 aromatic rings. The van der Waals surface area contributed by atoms with Crippen LogP contribution in [0.2, 0.25) is 0 Å². The molecule has 0 aliphatic carbocycles. The summed E-state index contributed by atoms with van der Waals surface area (Å²) >= 11 is 3.00. The molecular formula is C42H51BrF2N14O5. The van der Waals surface area contributed by atoms with Crippen LogP contribution in [0.3, 0.4) is 0 Å². The molecule has 0 spiro atoms. The number of nitrogen functional groups attached to an aromatic ring is 1. The zero-order chi connectivity index (χ0) is 45.2. The van der Waals surface area contributed by atoms with Crippen LogP contribution in [0.25, 0.3) is 17.0 Å². The van der Waals surface area contributed by atoms with Gasteiger partial charge in [-0.25, -0.2) is 37.8 Å². The Hall–Kier alpha value is -6.13. The van der Waals surface area contributed by atoms with Gasteiger partial charge in [0.25, 0.3) is 5.78 Å². The van der Waals surface area contributed by atoms with Crippen LogP contribution in [-0.2, 0) is 9.47 Å². The van der Waals surface area contributed by atoms with E-state index < -0.39 is 11.6 Å². The number of hydrogen-bond donors (Lipinski definition) is 3. The highest BCUT2D eigenvalue weighted by atomic mass is 79.9. The van der Waals surface area contributed by atoms with E-state index in [0.29, 0.717) is 36.1 Å². The Bertz CT molecular complexity index is 2400. The number of carbonyl (C=O) groups is 3. The van der Waals surface area contributed by atoms with Gasteiger partial charge in [0.1, 0.15) is 11.6 Å². The maximum atomic E-state index is 14.6. The Balaban J connectivity index is 0.000000158. The molecule has 4 aliphatic rings. The maximum Gasteiger partial charge on any atom is 0.321 e. The molecule has 2 unspecified atom stereocenters. The minimum atomic E-state index is -0.580. The number of alkyl halides is 1. The molecule has 0 bridgehead atoms. The van der Waals surface area contributed by atoms with Gasteiger partial charge in [-0.1, -0.05) is 15.9 Å². The summed E-state index contributed by atoms with van der Waals surface area (Å²) in [5, 5.41) is 17.9. The minimum Gasteiger partial charge on any atom is -0.375 e. The van der Waals surface area contributed by atoms with E-state index in [-0.39, 0.29) is 52.5 Å². The monoisotopic (exact) mass is 948 g/mol. The molecule has 19 nitrogen and oxygen atoms in total. The highest BCUT2D eigenvalue weighted by Gasteiger charge is 2.23. The first kappa shape index (κ1) is 45.9. The molecule has 0 radical (unpaired) electrons. The zero-order valence-electron chi connectivity index (χ0n) is 35.6. The van der Waals surface area contributed by atoms with Crippen LogP contribution < -0.4 is 26.2 Å². The van der Waals surface area contributed by atoms with Gasteiger partial charge >= 0.3 is 12.1 Å². The third-order valence-corrected chi connectivity index (χ3v) is 11.3. The topological polar surface area (TPSA) is 214 Å². The number of fused-ring (bicyclic) bond motifs is 1. The third-order valence-electron chi connectivity index (χ3n) is 10.8. The predicted octanol–water partition coefficient (Wildman–Crippen LogP) is 5.49. The van der Waals surface area contributed by atoms with Crippen molar-refractivity contribution in [2.24, 2.45) is 0 Å². The Morgan fingerprint density at radius 3 is 1.89 bits per heavy atom. The molecule has 0 saturated carbocycles. The van der Waals surface area contributed by atoms with Crippen molar-refractivity contribution >= 4 is 68.5 Å². The first-order valence-electron chi connectivity index (χ1n) is 21.1. The summed E-state index contributed by atoms with van der Waals surface area (Å²) in [5.41, 5.74) is 6.98. The van der Waals surface area contributed by atoms with E-state index in [2.05, 4.69) is 66.6 Å². The first-order valence-corrected chi connectivity index (χ1v) is 22.3. The SMILES string of the molecule is CC1CN(c2cnc(N)nn2)CCO1.CC1CN(c2cnc3nc(-c4cc(NC(=O)N5CCCC5)ccc4F)cn3n2)CCO1.O=C(CBr)c1cc(NC(=O)N2CCCC2)ccc1F. The fourth-order valence-corrected chi connectivity index (χ4v) is 7.76. The number of Topliss-reactive ketones (excluding diaryl/α,β-unsaturated/α-hetero) is 1. The summed E-state index contributed by atoms with van der Waals surface area (Å²) in [7, 11) is 0. The van der Waals surface area contributed by atoms with Crippen LogP contribution >= 0.6 is 15.9 Å². The molecule has 2 aromatic carbocycles. The smallest absolute Gasteiger partial charge is 0.321 e. The largest absolute Gasteiger partial charge is 0.375 e. The van der Waals surface area contributed by atoms with Crippen molar-refractivity contribution < 1.29 is 32.6 Å². The number of anilines is 5. The fourth-order valence-electron chi connectivity index (χ4n) is 7.46. The molecule has 4 N–H and O–H groups in total. The summed E-state index contributed by atoms with van der Waals surface area (Å²) in [6, 6.07) is 8.11. The molecule has 4 fully saturated rings. The van der Waals surface area contributed by atoms with Gasteiger partial charge in [0.2, 0.25) is 5.95 Å². The van der Waals surface area contributed by atoms with Crippen LogP contribution in [-0.4, -0.2) is 146 Å². The number of likely N-dealkylation sites (tertiary alicyclic amines) is 2. The second-order valence-corrected chi connectivity index (χ2v) is 16.2. The Morgan fingerprint density at radius 2 is 1.33 bits per heavy atom. The van der Waals surface area contributed by atoms with Gasteiger partial charge in [-0.2, -0.15) is 0 Å². The van der Waals surface area contributed by atoms with Crippen LogP contribution in [0, 0.1) is 11.6 Å². The second-order valence-electron chi connectivity index (χ2n) is 15.6. The molecular weight excluding hydrogens is 898 g/mol. The average molecular weight is 950 g/mol. The summed E-state index contributed by atoms with van der Waals surface area (Å²) in [4.78, 5) is 56.1. The van der Waals surface area contributed by atoms with Crippen molar-refractivity contribution in [1.29, 1.82) is 0 Å². The number of imidazole rings is 1. The van der Waals surface area contributed by atoms with E-state index in [1.54, 1.807) is 45.0 Å². The molecule has 4 aliphatic heterocycles. The standard InChI is InChI=1S/C21H24FN7O2.C13H14BrFN2O2.C8H13N5O/c1-14-12-28(8-9-31-14)19-11-23-20-25-18(13-29(20)26-19)16-10-15(4-5-17(16)22)24-21(30)27-6-2-3-7-27;14-8-12(18)10-7-9(3-4-11(10)15)16-13(19)17-5-1-2-6-17;1-6-5-13(2-3-14-6)7-4-10-8(9)12-11-7/h4-5,10-11,13-14H,2-3,6-9,12H2,1H3,(H,24,30);3-4,7H,1-2,5-6,8H2,(H,16,19);4,6H,2-3,5H2,1H3,(H2,9,10,12). The summed E-state index contributed by atoms with van der Waals surface area (Å²) in [6.07, 6.45) is 9.34. The highest BCUT2D eigenvalue weighted by molar-refractivity contribution is 9.09. The number of rotatable bonds is 7. The molecule has 340 valence electrons. The lowest BCUT2D eigenvalue weighted by Crippen LogP contribution is -2.41. The van der Waals surface area contributed by atoms with Gasteiger partial charge in [-0.15, -0.1) is 15.3 Å². The van der Waals surface area contributed by atoms with Gasteiger partial charge < -0.3 is 45.4 Å². The number of nitrogens with one attached hydrogen (secondary N) is 2. The molecule has 9 rings (SSSR count). The van der Waals surface area contributed by atoms with Gasteiger partial charge in [-0.3, -0.25) is 4.79 Å². The molecule has 4 amide bonds. The normalized spacial score (nSPS) is 18.5. The number of ketones is 1. The number of nitrogens with zero attached hydrogens (tertiary/aromatic N) is 11. The Morgan fingerprint density at radius 1 is 0.766 bits per heavy atom. The predicted molar refractivity (Wildman–Crippen MR) is 240 cm³/mol. The van der Waals surface area contributed by atoms with E-state index in [4.69, 9.17) is 15.2 Å². The number of benzene rings is 2. The molecule has 22 heteroatoms. The van der Waals surface area contributed by atoms with Gasteiger partial charge in [0.05, 0.1) is 60.6 Å². The van der Waals surface area contributed by atoms with Gasteiger partial charge in [0, 0.05) is 69.3 Å². The van der Waals surface area contributed by atoms with E-state index >= 15 is 0 Å². The van der Waals surface area contributed by atoms with E-state index in [1.165, 1.54) is 24.3 Å². The lowest BCUT2D eigenvalue weighted by Gasteiger charge is -2.31. The van der Waals surface area contributed by atoms with Gasteiger partial charge in [0.15, 0.2) is 17.4 Å². The third kappa shape index (κ3) is 11.9. The van der Waals surface area contributed by atoms with Crippen molar-refractivity contribution in [3.63, 3.8) is 0 Å². The van der Waals surface area contributed by atoms with Crippen molar-refractivity contribution in [2.45, 2.75) is 51.7 Å². The quantitative estimate of drug-likeness (QED) is 0.136. The van der Waals surface area contributed by atoms with Crippen molar-refractivity contribution in [1.82, 2.24) is 44.6 Å². The number of urea groups is 2. The Labute approximate surface area is 376 Å². The van der Waals surface area contributed by atoms with Crippen molar-refractivity contribution in [3.05, 3.63) is 72.2 Å². The van der Waals surface area contributed by atoms with Crippen molar-refractivity contribution in [3.8, 4) is 11.3 Å². The highest BCUT2D eigenvalue weighted by Crippen LogP contribution is 2.27. The molecule has 3 aromatic heterocycles. The Kier molecular flexibility index (Phi) is 15.4. The summed E-state index contributed by atoms with van der Waals surface area (Å²) in [6.45, 7) is 11.5. The lowest BCUT2D eigenvalue weighted by atomic mass is 10.1. The molecule has 4 saturated heterocycles. The minimum absolute atomic E-state index is 0.0175. The van der Waals surface area contributed by atoms with E-state index in [0.717, 1.165) is 89.7 Å². The zero-order valence-corrected chi connectivity index (χ0v) is 37.2. The van der Waals surface area contributed by atoms with Gasteiger partial charge in [-0.05, 0) is 75.9 Å². The number of morpholine rings is 2. The second kappa shape index (κ2) is 21.5. The van der Waals surface area contributed by atoms with E-state index in [9.17, 15) is 23.2 Å². The fraction of sp³-hybridized carbons (Fsp3) is 0.452. The number of carbonyl (C=O) groups excluding carboxylic acids is 3. The number of ether oxygens (including phenoxy) is 2. The van der Waals surface area contributed by atoms with E-state index in [1.807, 2.05) is 13.8 Å². The molecule has 2 atom stereocenters. The van der Waals surface area contributed by atoms with Crippen LogP contribution in [0.1, 0.15) is 49.9 Å². The summed E-state index contributed by atoms with van der Waals surface area (Å²) in [5.74, 6) is 0.706.